The number of thiocarbonyl (C=S) groups is 1. The fourth-order valence-electron chi connectivity index (χ4n) is 5.33. The van der Waals surface area contributed by atoms with Crippen LogP contribution in [-0.2, 0) is 28.6 Å². The van der Waals surface area contributed by atoms with Crippen molar-refractivity contribution < 1.29 is 28.6 Å². The van der Waals surface area contributed by atoms with Gasteiger partial charge in [0.05, 0.1) is 19.3 Å². The highest BCUT2D eigenvalue weighted by atomic mass is 32.2. The lowest BCUT2D eigenvalue weighted by Crippen LogP contribution is -2.56. The van der Waals surface area contributed by atoms with Crippen LogP contribution in [0.3, 0.4) is 0 Å². The predicted octanol–water partition coefficient (Wildman–Crippen LogP) is 6.88. The first-order chi connectivity index (χ1) is 20.0. The molecule has 0 aliphatic carbocycles. The molecule has 2 aromatic carbocycles. The number of carbonyl (C=O) groups excluding carboxylic acids is 3. The van der Waals surface area contributed by atoms with Gasteiger partial charge >= 0.3 is 11.9 Å². The van der Waals surface area contributed by atoms with E-state index in [1.807, 2.05) is 72.5 Å². The zero-order valence-corrected chi connectivity index (χ0v) is 26.9. The first kappa shape index (κ1) is 33.6. The molecule has 228 valence electrons. The van der Waals surface area contributed by atoms with Crippen LogP contribution in [0.1, 0.15) is 83.9 Å². The molecular weight excluding hydrogens is 570 g/mol. The summed E-state index contributed by atoms with van der Waals surface area (Å²) in [6, 6.07) is 19.4. The molecule has 1 aliphatic rings. The van der Waals surface area contributed by atoms with E-state index < -0.39 is 17.0 Å². The number of amides is 1. The molecule has 0 radical (unpaired) electrons. The Bertz CT molecular complexity index is 1160. The Hall–Kier alpha value is -2.91. The molecule has 1 amide bonds. The third kappa shape index (κ3) is 9.04. The number of hydrogen-bond acceptors (Lipinski definition) is 8. The van der Waals surface area contributed by atoms with Gasteiger partial charge in [-0.1, -0.05) is 72.4 Å². The van der Waals surface area contributed by atoms with Crippen LogP contribution in [0.15, 0.2) is 60.7 Å². The maximum atomic E-state index is 14.8. The fraction of sp³-hybridized carbons (Fsp3) is 0.515. The van der Waals surface area contributed by atoms with Crippen molar-refractivity contribution in [3.8, 4) is 0 Å². The van der Waals surface area contributed by atoms with Crippen LogP contribution in [0, 0.1) is 5.41 Å². The minimum atomic E-state index is -1.46. The zero-order valence-electron chi connectivity index (χ0n) is 25.3. The molecule has 0 bridgehead atoms. The lowest BCUT2D eigenvalue weighted by atomic mass is 9.73. The molecule has 1 aliphatic heterocycles. The Labute approximate surface area is 259 Å². The van der Waals surface area contributed by atoms with Gasteiger partial charge in [-0.25, -0.2) is 0 Å². The number of ether oxygens (including phenoxy) is 3. The largest absolute Gasteiger partial charge is 0.479 e. The first-order valence-corrected chi connectivity index (χ1v) is 15.9. The van der Waals surface area contributed by atoms with E-state index in [0.29, 0.717) is 36.8 Å². The smallest absolute Gasteiger partial charge is 0.322 e. The van der Waals surface area contributed by atoms with Crippen LogP contribution in [0.25, 0.3) is 0 Å². The maximum absolute atomic E-state index is 14.8. The normalized spacial score (nSPS) is 18.0. The summed E-state index contributed by atoms with van der Waals surface area (Å²) < 4.78 is 17.0. The number of rotatable bonds is 12. The molecule has 2 atom stereocenters. The summed E-state index contributed by atoms with van der Waals surface area (Å²) in [5.74, 6) is -1.15. The molecule has 1 heterocycles. The van der Waals surface area contributed by atoms with E-state index in [0.717, 1.165) is 11.1 Å². The van der Waals surface area contributed by atoms with Gasteiger partial charge in [0.1, 0.15) is 11.0 Å². The van der Waals surface area contributed by atoms with Crippen LogP contribution < -0.4 is 0 Å². The summed E-state index contributed by atoms with van der Waals surface area (Å²) in [4.78, 5) is 43.1. The van der Waals surface area contributed by atoms with Crippen LogP contribution in [0.5, 0.6) is 0 Å². The van der Waals surface area contributed by atoms with Crippen LogP contribution >= 0.6 is 24.0 Å². The summed E-state index contributed by atoms with van der Waals surface area (Å²) >= 11 is 6.74. The number of nitrogens with zero attached hydrogens (tertiary/aromatic N) is 1. The van der Waals surface area contributed by atoms with Crippen molar-refractivity contribution in [2.45, 2.75) is 83.6 Å². The molecule has 1 fully saturated rings. The molecule has 0 spiro atoms. The number of piperidine rings is 1. The van der Waals surface area contributed by atoms with Crippen molar-refractivity contribution in [1.82, 2.24) is 4.90 Å². The summed E-state index contributed by atoms with van der Waals surface area (Å²) in [6.45, 7) is 10.2. The van der Waals surface area contributed by atoms with Gasteiger partial charge in [-0.3, -0.25) is 14.4 Å². The number of benzene rings is 2. The molecule has 0 N–H and O–H groups in total. The van der Waals surface area contributed by atoms with Crippen LogP contribution in [-0.4, -0.2) is 57.7 Å². The van der Waals surface area contributed by atoms with E-state index in [1.165, 1.54) is 11.8 Å². The van der Waals surface area contributed by atoms with Gasteiger partial charge in [0.15, 0.2) is 0 Å². The molecule has 1 unspecified atom stereocenters. The average molecular weight is 614 g/mol. The minimum absolute atomic E-state index is 0.138. The van der Waals surface area contributed by atoms with Crippen molar-refractivity contribution in [2.24, 2.45) is 5.41 Å². The molecule has 0 saturated carbocycles. The topological polar surface area (TPSA) is 82.1 Å². The number of thioether (sulfide) groups is 1. The lowest BCUT2D eigenvalue weighted by Gasteiger charge is -2.45. The Kier molecular flexibility index (Phi) is 12.4. The van der Waals surface area contributed by atoms with Crippen molar-refractivity contribution in [2.75, 3.05) is 19.8 Å². The summed E-state index contributed by atoms with van der Waals surface area (Å²) in [5, 5.41) is -0.350. The van der Waals surface area contributed by atoms with Gasteiger partial charge < -0.3 is 19.1 Å². The van der Waals surface area contributed by atoms with Crippen LogP contribution in [0.4, 0.5) is 0 Å². The molecule has 1 saturated heterocycles. The quantitative estimate of drug-likeness (QED) is 0.146. The third-order valence-electron chi connectivity index (χ3n) is 7.08. The first-order valence-electron chi connectivity index (χ1n) is 14.6. The second-order valence-electron chi connectivity index (χ2n) is 11.4. The van der Waals surface area contributed by atoms with E-state index in [2.05, 4.69) is 0 Å². The Morgan fingerprint density at radius 1 is 0.976 bits per heavy atom. The van der Waals surface area contributed by atoms with Crippen LogP contribution in [0.2, 0.25) is 0 Å². The lowest BCUT2D eigenvalue weighted by molar-refractivity contribution is -0.179. The van der Waals surface area contributed by atoms with E-state index in [4.69, 9.17) is 26.4 Å². The summed E-state index contributed by atoms with van der Waals surface area (Å²) in [5.41, 5.74) is -0.328. The Morgan fingerprint density at radius 2 is 1.55 bits per heavy atom. The second-order valence-corrected chi connectivity index (χ2v) is 13.3. The van der Waals surface area contributed by atoms with Gasteiger partial charge in [-0.05, 0) is 83.6 Å². The number of carbonyl (C=O) groups is 3. The molecule has 0 aromatic heterocycles. The monoisotopic (exact) mass is 613 g/mol. The number of esters is 2. The van der Waals surface area contributed by atoms with Gasteiger partial charge in [0, 0.05) is 18.2 Å². The van der Waals surface area contributed by atoms with Gasteiger partial charge in [0.25, 0.3) is 0 Å². The van der Waals surface area contributed by atoms with Gasteiger partial charge in [0.2, 0.25) is 10.3 Å². The molecule has 42 heavy (non-hydrogen) atoms. The van der Waals surface area contributed by atoms with E-state index in [-0.39, 0.29) is 42.6 Å². The highest BCUT2D eigenvalue weighted by Crippen LogP contribution is 2.45. The molecule has 7 nitrogen and oxygen atoms in total. The fourth-order valence-corrected chi connectivity index (χ4v) is 6.92. The average Bonchev–Trinajstić information content (AvgIpc) is 2.94. The number of hydrogen-bond donors (Lipinski definition) is 0. The van der Waals surface area contributed by atoms with Gasteiger partial charge in [-0.2, -0.15) is 0 Å². The maximum Gasteiger partial charge on any atom is 0.322 e. The van der Waals surface area contributed by atoms with E-state index >= 15 is 0 Å². The number of likely N-dealkylation sites (tertiary alicyclic amines) is 1. The SMILES string of the molecule is CCOC(=O)CCC(C[C@@]1(C(=O)OC(C)(C)C)CCCN(C(c2ccccc2)c2ccccc2)C1=O)SC(=S)OCC. The third-order valence-corrected chi connectivity index (χ3v) is 8.53. The second kappa shape index (κ2) is 15.5. The Balaban J connectivity index is 2.06. The highest BCUT2D eigenvalue weighted by Gasteiger charge is 2.54. The molecule has 9 heteroatoms. The van der Waals surface area contributed by atoms with Crippen molar-refractivity contribution in [3.63, 3.8) is 0 Å². The van der Waals surface area contributed by atoms with Crippen molar-refractivity contribution >= 4 is 46.2 Å². The highest BCUT2D eigenvalue weighted by molar-refractivity contribution is 8.23. The molecular formula is C33H43NO6S2. The summed E-state index contributed by atoms with van der Waals surface area (Å²) in [6.07, 6.45) is 1.62. The van der Waals surface area contributed by atoms with E-state index in [9.17, 15) is 14.4 Å². The zero-order chi connectivity index (χ0) is 30.8. The minimum Gasteiger partial charge on any atom is -0.479 e. The van der Waals surface area contributed by atoms with Crippen molar-refractivity contribution in [3.05, 3.63) is 71.8 Å². The molecule has 3 rings (SSSR count). The molecule has 2 aromatic rings. The summed E-state index contributed by atoms with van der Waals surface area (Å²) in [7, 11) is 0. The van der Waals surface area contributed by atoms with E-state index in [1.54, 1.807) is 27.7 Å². The standard InChI is InChI=1S/C33H43NO6S2/c1-6-38-27(35)20-19-26(42-31(41)39-7-2)23-33(30(37)40-32(3,4)5)21-14-22-34(29(33)36)28(24-15-10-8-11-16-24)25-17-12-9-13-18-25/h8-13,15-18,26,28H,6-7,14,19-23H2,1-5H3/t26?,33-/m0/s1. The predicted molar refractivity (Wildman–Crippen MR) is 170 cm³/mol. The van der Waals surface area contributed by atoms with Crippen molar-refractivity contribution in [1.29, 1.82) is 0 Å². The van der Waals surface area contributed by atoms with Gasteiger partial charge in [-0.15, -0.1) is 0 Å². The Morgan fingerprint density at radius 3 is 2.07 bits per heavy atom.